The predicted molar refractivity (Wildman–Crippen MR) is 223 cm³/mol. The maximum absolute atomic E-state index is 3.61. The first-order valence-electron chi connectivity index (χ1n) is 18.2. The monoisotopic (exact) mass is 675 g/mol. The maximum Gasteiger partial charge on any atom is 0.0541 e. The van der Waals surface area contributed by atoms with E-state index in [0.717, 1.165) is 22.6 Å². The summed E-state index contributed by atoms with van der Waals surface area (Å²) >= 11 is 0. The van der Waals surface area contributed by atoms with Gasteiger partial charge in [-0.05, 0) is 106 Å². The molecule has 8 aromatic carbocycles. The predicted octanol–water partition coefficient (Wildman–Crippen LogP) is 13.4. The highest BCUT2D eigenvalue weighted by Gasteiger charge is 2.16. The van der Waals surface area contributed by atoms with E-state index >= 15 is 0 Å². The van der Waals surface area contributed by atoms with Crippen molar-refractivity contribution in [3.8, 4) is 45.0 Å². The molecule has 0 spiro atoms. The standard InChI is InChI=1S/C50H33N3/c1-2-11-34(12-3-1)45-26-27-46(51-45)35-19-23-39(24-20-35)52-47-16-8-6-14-41(47)43-31-37(21-28-49(43)52)38-22-29-50-44(32-38)42-15-7-9-17-48(42)53(50)40-25-18-33-10-4-5-13-36(33)30-40/h1-32,51H. The Balaban J connectivity index is 1.00. The Labute approximate surface area is 306 Å². The van der Waals surface area contributed by atoms with Gasteiger partial charge >= 0.3 is 0 Å². The number of benzene rings is 8. The van der Waals surface area contributed by atoms with Crippen molar-refractivity contribution in [1.82, 2.24) is 14.1 Å². The zero-order chi connectivity index (χ0) is 34.9. The van der Waals surface area contributed by atoms with Crippen molar-refractivity contribution in [3.05, 3.63) is 194 Å². The van der Waals surface area contributed by atoms with Crippen LogP contribution in [0.1, 0.15) is 0 Å². The van der Waals surface area contributed by atoms with Gasteiger partial charge in [0.1, 0.15) is 0 Å². The lowest BCUT2D eigenvalue weighted by Gasteiger charge is -2.10. The number of H-pyrrole nitrogens is 1. The zero-order valence-electron chi connectivity index (χ0n) is 28.9. The molecule has 3 heteroatoms. The Kier molecular flexibility index (Phi) is 6.55. The van der Waals surface area contributed by atoms with Crippen molar-refractivity contribution in [1.29, 1.82) is 0 Å². The highest BCUT2D eigenvalue weighted by atomic mass is 15.0. The number of fused-ring (bicyclic) bond motifs is 7. The van der Waals surface area contributed by atoms with Crippen LogP contribution < -0.4 is 0 Å². The van der Waals surface area contributed by atoms with Gasteiger partial charge < -0.3 is 14.1 Å². The molecular formula is C50H33N3. The molecule has 0 amide bonds. The number of para-hydroxylation sites is 2. The van der Waals surface area contributed by atoms with Gasteiger partial charge in [0.15, 0.2) is 0 Å². The van der Waals surface area contributed by atoms with Gasteiger partial charge in [0, 0.05) is 44.3 Å². The second kappa shape index (κ2) is 11.7. The number of nitrogens with one attached hydrogen (secondary N) is 1. The van der Waals surface area contributed by atoms with Gasteiger partial charge in [-0.25, -0.2) is 0 Å². The van der Waals surface area contributed by atoms with Crippen LogP contribution in [0.4, 0.5) is 0 Å². The molecule has 1 N–H and O–H groups in total. The number of aromatic amines is 1. The Morgan fingerprint density at radius 2 is 0.755 bits per heavy atom. The van der Waals surface area contributed by atoms with Crippen LogP contribution in [0.3, 0.4) is 0 Å². The molecule has 3 nitrogen and oxygen atoms in total. The second-order valence-corrected chi connectivity index (χ2v) is 13.9. The quantitative estimate of drug-likeness (QED) is 0.188. The van der Waals surface area contributed by atoms with Crippen LogP contribution in [0.15, 0.2) is 194 Å². The maximum atomic E-state index is 3.61. The molecule has 0 radical (unpaired) electrons. The highest BCUT2D eigenvalue weighted by Crippen LogP contribution is 2.39. The smallest absolute Gasteiger partial charge is 0.0541 e. The molecule has 0 aliphatic heterocycles. The molecule has 3 aromatic heterocycles. The minimum atomic E-state index is 1.11. The molecule has 0 fully saturated rings. The van der Waals surface area contributed by atoms with E-state index < -0.39 is 0 Å². The number of rotatable bonds is 5. The summed E-state index contributed by atoms with van der Waals surface area (Å²) < 4.78 is 4.80. The van der Waals surface area contributed by atoms with E-state index in [0.29, 0.717) is 0 Å². The Bertz CT molecular complexity index is 3160. The molecule has 0 saturated heterocycles. The van der Waals surface area contributed by atoms with Crippen LogP contribution in [-0.2, 0) is 0 Å². The third-order valence-electron chi connectivity index (χ3n) is 10.9. The summed E-state index contributed by atoms with van der Waals surface area (Å²) in [6, 6.07) is 70.4. The van der Waals surface area contributed by atoms with Crippen molar-refractivity contribution in [3.63, 3.8) is 0 Å². The van der Waals surface area contributed by atoms with Crippen molar-refractivity contribution in [2.45, 2.75) is 0 Å². The lowest BCUT2D eigenvalue weighted by Crippen LogP contribution is -1.94. The Morgan fingerprint density at radius 3 is 1.40 bits per heavy atom. The van der Waals surface area contributed by atoms with Gasteiger partial charge in [-0.3, -0.25) is 0 Å². The third kappa shape index (κ3) is 4.75. The van der Waals surface area contributed by atoms with Crippen LogP contribution in [0.2, 0.25) is 0 Å². The average molecular weight is 676 g/mol. The average Bonchev–Trinajstić information content (AvgIpc) is 3.94. The Morgan fingerprint density at radius 1 is 0.283 bits per heavy atom. The third-order valence-corrected chi connectivity index (χ3v) is 10.9. The van der Waals surface area contributed by atoms with Crippen molar-refractivity contribution >= 4 is 54.4 Å². The van der Waals surface area contributed by atoms with Gasteiger partial charge in [0.25, 0.3) is 0 Å². The molecule has 248 valence electrons. The summed E-state index contributed by atoms with van der Waals surface area (Å²) in [5.41, 5.74) is 14.1. The topological polar surface area (TPSA) is 25.6 Å². The zero-order valence-corrected chi connectivity index (χ0v) is 28.9. The van der Waals surface area contributed by atoms with Gasteiger partial charge in [-0.1, -0.05) is 121 Å². The number of hydrogen-bond acceptors (Lipinski definition) is 0. The highest BCUT2D eigenvalue weighted by molar-refractivity contribution is 6.13. The van der Waals surface area contributed by atoms with E-state index in [1.165, 1.54) is 76.8 Å². The van der Waals surface area contributed by atoms with Crippen LogP contribution in [0.5, 0.6) is 0 Å². The first-order chi connectivity index (χ1) is 26.3. The SMILES string of the molecule is c1ccc(-c2ccc(-c3ccc(-n4c5ccccc5c5cc(-c6ccc7c(c6)c6ccccc6n7-c6ccc7ccccc7c6)ccc54)cc3)[nH]2)cc1. The molecule has 11 rings (SSSR count). The first-order valence-corrected chi connectivity index (χ1v) is 18.2. The van der Waals surface area contributed by atoms with E-state index in [4.69, 9.17) is 0 Å². The van der Waals surface area contributed by atoms with Gasteiger partial charge in [0.2, 0.25) is 0 Å². The summed E-state index contributed by atoms with van der Waals surface area (Å²) in [7, 11) is 0. The molecule has 0 bridgehead atoms. The van der Waals surface area contributed by atoms with Crippen LogP contribution >= 0.6 is 0 Å². The van der Waals surface area contributed by atoms with E-state index in [9.17, 15) is 0 Å². The fourth-order valence-electron chi connectivity index (χ4n) is 8.32. The summed E-state index contributed by atoms with van der Waals surface area (Å²) in [5, 5.41) is 7.51. The number of hydrogen-bond donors (Lipinski definition) is 1. The Hall–Kier alpha value is -7.10. The summed E-state index contributed by atoms with van der Waals surface area (Å²) in [6.45, 7) is 0. The minimum Gasteiger partial charge on any atom is -0.355 e. The van der Waals surface area contributed by atoms with E-state index in [-0.39, 0.29) is 0 Å². The van der Waals surface area contributed by atoms with Crippen LogP contribution in [-0.4, -0.2) is 14.1 Å². The van der Waals surface area contributed by atoms with Crippen LogP contribution in [0, 0.1) is 0 Å². The molecule has 0 saturated carbocycles. The fraction of sp³-hybridized carbons (Fsp3) is 0. The van der Waals surface area contributed by atoms with Crippen molar-refractivity contribution in [2.75, 3.05) is 0 Å². The van der Waals surface area contributed by atoms with Gasteiger partial charge in [-0.15, -0.1) is 0 Å². The molecule has 0 aliphatic rings. The molecule has 0 unspecified atom stereocenters. The molecular weight excluding hydrogens is 643 g/mol. The fourth-order valence-corrected chi connectivity index (χ4v) is 8.32. The van der Waals surface area contributed by atoms with Gasteiger partial charge in [-0.2, -0.15) is 0 Å². The summed E-state index contributed by atoms with van der Waals surface area (Å²) in [4.78, 5) is 3.61. The molecule has 53 heavy (non-hydrogen) atoms. The molecule has 3 heterocycles. The molecule has 0 aliphatic carbocycles. The van der Waals surface area contributed by atoms with Crippen LogP contribution in [0.25, 0.3) is 99.4 Å². The van der Waals surface area contributed by atoms with E-state index in [1.54, 1.807) is 0 Å². The lowest BCUT2D eigenvalue weighted by atomic mass is 10.0. The van der Waals surface area contributed by atoms with Crippen molar-refractivity contribution < 1.29 is 0 Å². The van der Waals surface area contributed by atoms with E-state index in [2.05, 4.69) is 202 Å². The lowest BCUT2D eigenvalue weighted by molar-refractivity contribution is 1.18. The summed E-state index contributed by atoms with van der Waals surface area (Å²) in [6.07, 6.45) is 0. The molecule has 0 atom stereocenters. The minimum absolute atomic E-state index is 1.11. The first kappa shape index (κ1) is 29.6. The second-order valence-electron chi connectivity index (χ2n) is 13.9. The van der Waals surface area contributed by atoms with Gasteiger partial charge in [0.05, 0.1) is 22.1 Å². The normalized spacial score (nSPS) is 11.8. The molecule has 11 aromatic rings. The number of nitrogens with zero attached hydrogens (tertiary/aromatic N) is 2. The largest absolute Gasteiger partial charge is 0.355 e. The number of aromatic nitrogens is 3. The van der Waals surface area contributed by atoms with Crippen molar-refractivity contribution in [2.24, 2.45) is 0 Å². The summed E-state index contributed by atoms with van der Waals surface area (Å²) in [5.74, 6) is 0. The van der Waals surface area contributed by atoms with E-state index in [1.807, 2.05) is 6.07 Å².